The fourth-order valence-electron chi connectivity index (χ4n) is 1.88. The summed E-state index contributed by atoms with van der Waals surface area (Å²) < 4.78 is 10.5. The van der Waals surface area contributed by atoms with Crippen molar-refractivity contribution in [2.45, 2.75) is 20.3 Å². The van der Waals surface area contributed by atoms with E-state index in [1.807, 2.05) is 25.1 Å². The maximum atomic E-state index is 5.39. The summed E-state index contributed by atoms with van der Waals surface area (Å²) in [5, 5.41) is 3.15. The molecule has 1 N–H and O–H groups in total. The predicted molar refractivity (Wildman–Crippen MR) is 81.9 cm³/mol. The maximum absolute atomic E-state index is 5.39. The van der Waals surface area contributed by atoms with Crippen molar-refractivity contribution in [3.05, 3.63) is 23.8 Å². The summed E-state index contributed by atoms with van der Waals surface area (Å²) in [6.07, 6.45) is 0.983. The van der Waals surface area contributed by atoms with Crippen molar-refractivity contribution in [1.29, 1.82) is 0 Å². The topological polar surface area (TPSA) is 69.2 Å². The molecule has 0 fully saturated rings. The second-order valence-electron chi connectivity index (χ2n) is 4.60. The van der Waals surface area contributed by atoms with Crippen molar-refractivity contribution in [2.75, 3.05) is 26.1 Å². The van der Waals surface area contributed by atoms with Gasteiger partial charge >= 0.3 is 6.01 Å². The first kappa shape index (κ1) is 15.0. The Morgan fingerprint density at radius 3 is 2.57 bits per heavy atom. The van der Waals surface area contributed by atoms with Crippen molar-refractivity contribution in [2.24, 2.45) is 0 Å². The molecule has 0 unspecified atom stereocenters. The third-order valence-electron chi connectivity index (χ3n) is 2.93. The highest BCUT2D eigenvalue weighted by atomic mass is 16.5. The van der Waals surface area contributed by atoms with Gasteiger partial charge in [0, 0.05) is 6.54 Å². The van der Waals surface area contributed by atoms with Gasteiger partial charge in [-0.3, -0.25) is 0 Å². The first-order chi connectivity index (χ1) is 10.2. The van der Waals surface area contributed by atoms with E-state index in [4.69, 9.17) is 9.47 Å². The molecule has 0 saturated carbocycles. The number of nitrogens with one attached hydrogen (secondary N) is 1. The minimum absolute atomic E-state index is 0.280. The lowest BCUT2D eigenvalue weighted by atomic mass is 10.1. The van der Waals surface area contributed by atoms with Crippen molar-refractivity contribution in [1.82, 2.24) is 15.0 Å². The second kappa shape index (κ2) is 6.88. The number of benzene rings is 1. The molecule has 6 heteroatoms. The van der Waals surface area contributed by atoms with Crippen LogP contribution in [-0.2, 0) is 0 Å². The molecule has 0 radical (unpaired) electrons. The number of nitrogens with zero attached hydrogens (tertiary/aromatic N) is 3. The van der Waals surface area contributed by atoms with E-state index < -0.39 is 0 Å². The van der Waals surface area contributed by atoms with Crippen LogP contribution in [0.4, 0.5) is 5.95 Å². The Balaban J connectivity index is 2.49. The van der Waals surface area contributed by atoms with Gasteiger partial charge in [0.1, 0.15) is 5.75 Å². The molecule has 0 amide bonds. The van der Waals surface area contributed by atoms with Crippen LogP contribution in [-0.4, -0.2) is 35.7 Å². The van der Waals surface area contributed by atoms with E-state index in [0.29, 0.717) is 11.8 Å². The number of hydrogen-bond donors (Lipinski definition) is 1. The van der Waals surface area contributed by atoms with E-state index in [2.05, 4.69) is 27.2 Å². The second-order valence-corrected chi connectivity index (χ2v) is 4.60. The van der Waals surface area contributed by atoms with Crippen LogP contribution in [0.25, 0.3) is 11.4 Å². The fourth-order valence-corrected chi connectivity index (χ4v) is 1.88. The molecule has 6 nitrogen and oxygen atoms in total. The van der Waals surface area contributed by atoms with E-state index in [1.54, 1.807) is 7.11 Å². The van der Waals surface area contributed by atoms with Gasteiger partial charge in [-0.1, -0.05) is 18.6 Å². The molecule has 1 aromatic heterocycles. The van der Waals surface area contributed by atoms with E-state index in [9.17, 15) is 0 Å². The Kier molecular flexibility index (Phi) is 4.92. The first-order valence-corrected chi connectivity index (χ1v) is 6.87. The largest absolute Gasteiger partial charge is 0.496 e. The Morgan fingerprint density at radius 1 is 1.10 bits per heavy atom. The zero-order valence-electron chi connectivity index (χ0n) is 12.8. The molecular weight excluding hydrogens is 268 g/mol. The van der Waals surface area contributed by atoms with Gasteiger partial charge in [0.25, 0.3) is 0 Å². The summed E-state index contributed by atoms with van der Waals surface area (Å²) in [6.45, 7) is 4.88. The lowest BCUT2D eigenvalue weighted by molar-refractivity contribution is 0.379. The standard InChI is InChI=1S/C15H20N4O2/c1-5-8-16-14-17-13(18-15(19-14)21-4)11-9-10(2)6-7-12(11)20-3/h6-7,9H,5,8H2,1-4H3,(H,16,17,18,19). The molecule has 2 rings (SSSR count). The maximum Gasteiger partial charge on any atom is 0.321 e. The van der Waals surface area contributed by atoms with E-state index in [0.717, 1.165) is 29.8 Å². The van der Waals surface area contributed by atoms with Crippen LogP contribution in [0.3, 0.4) is 0 Å². The molecule has 0 aliphatic rings. The Morgan fingerprint density at radius 2 is 1.90 bits per heavy atom. The summed E-state index contributed by atoms with van der Waals surface area (Å²) in [5.74, 6) is 1.75. The van der Waals surface area contributed by atoms with Crippen LogP contribution in [0.2, 0.25) is 0 Å². The molecule has 1 aromatic carbocycles. The molecule has 0 aliphatic heterocycles. The van der Waals surface area contributed by atoms with Gasteiger partial charge in [-0.25, -0.2) is 0 Å². The van der Waals surface area contributed by atoms with Gasteiger partial charge in [0.05, 0.1) is 19.8 Å². The van der Waals surface area contributed by atoms with E-state index >= 15 is 0 Å². The van der Waals surface area contributed by atoms with E-state index in [1.165, 1.54) is 7.11 Å². The smallest absolute Gasteiger partial charge is 0.321 e. The van der Waals surface area contributed by atoms with Crippen LogP contribution in [0.5, 0.6) is 11.8 Å². The number of aromatic nitrogens is 3. The lowest BCUT2D eigenvalue weighted by Gasteiger charge is -2.11. The quantitative estimate of drug-likeness (QED) is 0.881. The Labute approximate surface area is 124 Å². The van der Waals surface area contributed by atoms with Gasteiger partial charge in [-0.15, -0.1) is 0 Å². The van der Waals surface area contributed by atoms with Gasteiger partial charge < -0.3 is 14.8 Å². The Hall–Kier alpha value is -2.37. The van der Waals surface area contributed by atoms with Crippen molar-refractivity contribution in [3.8, 4) is 23.1 Å². The SMILES string of the molecule is CCCNc1nc(OC)nc(-c2cc(C)ccc2OC)n1. The van der Waals surface area contributed by atoms with Crippen LogP contribution >= 0.6 is 0 Å². The van der Waals surface area contributed by atoms with Gasteiger partial charge in [-0.05, 0) is 25.5 Å². The monoisotopic (exact) mass is 288 g/mol. The van der Waals surface area contributed by atoms with Gasteiger partial charge in [0.15, 0.2) is 5.82 Å². The zero-order chi connectivity index (χ0) is 15.2. The molecule has 0 saturated heterocycles. The minimum Gasteiger partial charge on any atom is -0.496 e. The molecule has 0 bridgehead atoms. The molecule has 112 valence electrons. The van der Waals surface area contributed by atoms with Gasteiger partial charge in [0.2, 0.25) is 5.95 Å². The van der Waals surface area contributed by atoms with Crippen LogP contribution < -0.4 is 14.8 Å². The summed E-state index contributed by atoms with van der Waals surface area (Å²) >= 11 is 0. The first-order valence-electron chi connectivity index (χ1n) is 6.87. The summed E-state index contributed by atoms with van der Waals surface area (Å²) in [6, 6.07) is 6.15. The number of aryl methyl sites for hydroxylation is 1. The van der Waals surface area contributed by atoms with Crippen molar-refractivity contribution >= 4 is 5.95 Å². The highest BCUT2D eigenvalue weighted by Crippen LogP contribution is 2.29. The normalized spacial score (nSPS) is 10.3. The average molecular weight is 288 g/mol. The highest BCUT2D eigenvalue weighted by Gasteiger charge is 2.13. The fraction of sp³-hybridized carbons (Fsp3) is 0.400. The third-order valence-corrected chi connectivity index (χ3v) is 2.93. The van der Waals surface area contributed by atoms with Crippen LogP contribution in [0, 0.1) is 6.92 Å². The zero-order valence-corrected chi connectivity index (χ0v) is 12.8. The van der Waals surface area contributed by atoms with Crippen molar-refractivity contribution < 1.29 is 9.47 Å². The highest BCUT2D eigenvalue weighted by molar-refractivity contribution is 5.66. The molecule has 0 aliphatic carbocycles. The molecule has 2 aromatic rings. The van der Waals surface area contributed by atoms with Gasteiger partial charge in [-0.2, -0.15) is 15.0 Å². The number of hydrogen-bond acceptors (Lipinski definition) is 6. The minimum atomic E-state index is 0.280. The molecule has 0 spiro atoms. The molecule has 1 heterocycles. The average Bonchev–Trinajstić information content (AvgIpc) is 2.52. The Bertz CT molecular complexity index is 617. The molecule has 0 atom stereocenters. The van der Waals surface area contributed by atoms with Crippen LogP contribution in [0.1, 0.15) is 18.9 Å². The predicted octanol–water partition coefficient (Wildman–Crippen LogP) is 2.69. The number of anilines is 1. The number of rotatable bonds is 6. The van der Waals surface area contributed by atoms with Crippen molar-refractivity contribution in [3.63, 3.8) is 0 Å². The summed E-state index contributed by atoms with van der Waals surface area (Å²) in [5.41, 5.74) is 1.92. The van der Waals surface area contributed by atoms with Crippen LogP contribution in [0.15, 0.2) is 18.2 Å². The van der Waals surface area contributed by atoms with E-state index in [-0.39, 0.29) is 6.01 Å². The molecule has 21 heavy (non-hydrogen) atoms. The third kappa shape index (κ3) is 3.59. The number of methoxy groups -OCH3 is 2. The molecular formula is C15H20N4O2. The summed E-state index contributed by atoms with van der Waals surface area (Å²) in [7, 11) is 3.17. The number of ether oxygens (including phenoxy) is 2. The lowest BCUT2D eigenvalue weighted by Crippen LogP contribution is -2.08. The summed E-state index contributed by atoms with van der Waals surface area (Å²) in [4.78, 5) is 13.0.